The molecule has 0 bridgehead atoms. The molecule has 1 aliphatic rings. The average molecular weight is 458 g/mol. The summed E-state index contributed by atoms with van der Waals surface area (Å²) < 4.78 is 39.2. The zero-order chi connectivity index (χ0) is 22.9. The Morgan fingerprint density at radius 1 is 1.25 bits per heavy atom. The molecule has 1 aliphatic heterocycles. The number of oxazole rings is 1. The Balaban J connectivity index is 1.63. The molecule has 0 saturated carbocycles. The standard InChI is InChI=1S/C23H27N3O5S/c1-4-22-25-18-14-17(9-11-19(18)31-22)24-23(27)16-8-10-20(30-3)21(13-16)32(28,29)26-12-6-5-7-15(26)2/h8-11,13-15H,4-7,12H2,1-3H3,(H,24,27). The third kappa shape index (κ3) is 4.22. The maximum Gasteiger partial charge on any atom is 0.255 e. The predicted octanol–water partition coefficient (Wildman–Crippen LogP) is 4.21. The molecule has 0 spiro atoms. The number of nitrogens with zero attached hydrogens (tertiary/aromatic N) is 2. The highest BCUT2D eigenvalue weighted by Gasteiger charge is 2.33. The van der Waals surface area contributed by atoms with Gasteiger partial charge < -0.3 is 14.5 Å². The summed E-state index contributed by atoms with van der Waals surface area (Å²) in [7, 11) is -2.38. The van der Waals surface area contributed by atoms with Crippen molar-refractivity contribution in [3.63, 3.8) is 0 Å². The topological polar surface area (TPSA) is 102 Å². The quantitative estimate of drug-likeness (QED) is 0.595. The molecule has 1 atom stereocenters. The summed E-state index contributed by atoms with van der Waals surface area (Å²) in [5.74, 6) is 0.421. The van der Waals surface area contributed by atoms with Gasteiger partial charge >= 0.3 is 0 Å². The summed E-state index contributed by atoms with van der Waals surface area (Å²) in [5, 5.41) is 2.81. The minimum atomic E-state index is -3.81. The fourth-order valence-corrected chi connectivity index (χ4v) is 5.86. The molecule has 32 heavy (non-hydrogen) atoms. The van der Waals surface area contributed by atoms with Crippen molar-refractivity contribution < 1.29 is 22.4 Å². The van der Waals surface area contributed by atoms with Crippen molar-refractivity contribution in [2.75, 3.05) is 19.0 Å². The highest BCUT2D eigenvalue weighted by Crippen LogP contribution is 2.32. The van der Waals surface area contributed by atoms with E-state index < -0.39 is 15.9 Å². The molecule has 4 rings (SSSR count). The summed E-state index contributed by atoms with van der Waals surface area (Å²) >= 11 is 0. The molecule has 1 aromatic heterocycles. The number of nitrogens with one attached hydrogen (secondary N) is 1. The van der Waals surface area contributed by atoms with Crippen LogP contribution < -0.4 is 10.1 Å². The highest BCUT2D eigenvalue weighted by molar-refractivity contribution is 7.89. The summed E-state index contributed by atoms with van der Waals surface area (Å²) in [6, 6.07) is 9.56. The first-order valence-electron chi connectivity index (χ1n) is 10.7. The lowest BCUT2D eigenvalue weighted by molar-refractivity contribution is 0.102. The highest BCUT2D eigenvalue weighted by atomic mass is 32.2. The Morgan fingerprint density at radius 3 is 2.78 bits per heavy atom. The van der Waals surface area contributed by atoms with Crippen LogP contribution in [0.25, 0.3) is 11.1 Å². The summed E-state index contributed by atoms with van der Waals surface area (Å²) in [4.78, 5) is 17.3. The SMILES string of the molecule is CCc1nc2cc(NC(=O)c3ccc(OC)c(S(=O)(=O)N4CCCCC4C)c3)ccc2o1. The Hall–Kier alpha value is -2.91. The van der Waals surface area contributed by atoms with Gasteiger partial charge in [-0.3, -0.25) is 4.79 Å². The number of anilines is 1. The fourth-order valence-electron chi connectivity index (χ4n) is 3.98. The largest absolute Gasteiger partial charge is 0.495 e. The van der Waals surface area contributed by atoms with Gasteiger partial charge in [0.25, 0.3) is 5.91 Å². The Bertz CT molecular complexity index is 1250. The van der Waals surface area contributed by atoms with Gasteiger partial charge in [0.2, 0.25) is 10.0 Å². The van der Waals surface area contributed by atoms with Gasteiger partial charge in [0.05, 0.1) is 7.11 Å². The van der Waals surface area contributed by atoms with Crippen LogP contribution in [0.2, 0.25) is 0 Å². The number of fused-ring (bicyclic) bond motifs is 1. The molecule has 2 heterocycles. The molecule has 1 N–H and O–H groups in total. The average Bonchev–Trinajstić information content (AvgIpc) is 3.21. The van der Waals surface area contributed by atoms with Crippen LogP contribution in [0, 0.1) is 0 Å². The molecule has 0 radical (unpaired) electrons. The Kier molecular flexibility index (Phi) is 6.21. The second-order valence-electron chi connectivity index (χ2n) is 7.92. The van der Waals surface area contributed by atoms with Crippen LogP contribution in [0.5, 0.6) is 5.75 Å². The monoisotopic (exact) mass is 457 g/mol. The van der Waals surface area contributed by atoms with Crippen molar-refractivity contribution in [3.8, 4) is 5.75 Å². The smallest absolute Gasteiger partial charge is 0.255 e. The zero-order valence-electron chi connectivity index (χ0n) is 18.4. The number of piperidine rings is 1. The van der Waals surface area contributed by atoms with Gasteiger partial charge in [-0.2, -0.15) is 4.31 Å². The first-order valence-corrected chi connectivity index (χ1v) is 12.2. The number of ether oxygens (including phenoxy) is 1. The minimum absolute atomic E-state index is 0.000871. The molecule has 2 aromatic carbocycles. The van der Waals surface area contributed by atoms with Crippen LogP contribution >= 0.6 is 0 Å². The third-order valence-corrected chi connectivity index (χ3v) is 7.78. The number of aromatic nitrogens is 1. The van der Waals surface area contributed by atoms with Crippen molar-refractivity contribution in [1.82, 2.24) is 9.29 Å². The van der Waals surface area contributed by atoms with E-state index in [1.807, 2.05) is 13.8 Å². The normalized spacial score (nSPS) is 17.4. The molecular formula is C23H27N3O5S. The number of methoxy groups -OCH3 is 1. The maximum atomic E-state index is 13.4. The van der Waals surface area contributed by atoms with Crippen LogP contribution in [0.1, 0.15) is 49.4 Å². The predicted molar refractivity (Wildman–Crippen MR) is 122 cm³/mol. The molecule has 1 saturated heterocycles. The van der Waals surface area contributed by atoms with E-state index in [-0.39, 0.29) is 22.3 Å². The van der Waals surface area contributed by atoms with Crippen LogP contribution in [0.4, 0.5) is 5.69 Å². The molecule has 1 amide bonds. The van der Waals surface area contributed by atoms with Crippen molar-refractivity contribution in [3.05, 3.63) is 47.9 Å². The Morgan fingerprint density at radius 2 is 2.06 bits per heavy atom. The number of benzene rings is 2. The first kappa shape index (κ1) is 22.3. The van der Waals surface area contributed by atoms with Crippen LogP contribution in [-0.4, -0.2) is 43.3 Å². The van der Waals surface area contributed by atoms with Crippen molar-refractivity contribution in [2.24, 2.45) is 0 Å². The Labute approximate surface area is 187 Å². The van der Waals surface area contributed by atoms with E-state index in [1.165, 1.54) is 23.5 Å². The minimum Gasteiger partial charge on any atom is -0.495 e. The molecule has 170 valence electrons. The maximum absolute atomic E-state index is 13.4. The lowest BCUT2D eigenvalue weighted by Crippen LogP contribution is -2.42. The first-order chi connectivity index (χ1) is 15.3. The third-order valence-electron chi connectivity index (χ3n) is 5.75. The van der Waals surface area contributed by atoms with Crippen LogP contribution in [-0.2, 0) is 16.4 Å². The lowest BCUT2D eigenvalue weighted by atomic mass is 10.1. The zero-order valence-corrected chi connectivity index (χ0v) is 19.2. The van der Waals surface area contributed by atoms with E-state index in [9.17, 15) is 13.2 Å². The fraction of sp³-hybridized carbons (Fsp3) is 0.391. The van der Waals surface area contributed by atoms with E-state index in [0.29, 0.717) is 35.6 Å². The van der Waals surface area contributed by atoms with Gasteiger partial charge in [0.1, 0.15) is 16.2 Å². The van der Waals surface area contributed by atoms with Crippen molar-refractivity contribution in [1.29, 1.82) is 0 Å². The van der Waals surface area contributed by atoms with Gasteiger partial charge in [-0.25, -0.2) is 13.4 Å². The molecular weight excluding hydrogens is 430 g/mol. The van der Waals surface area contributed by atoms with Crippen LogP contribution in [0.15, 0.2) is 45.7 Å². The molecule has 8 nitrogen and oxygen atoms in total. The second-order valence-corrected chi connectivity index (χ2v) is 9.78. The van der Waals surface area contributed by atoms with E-state index in [1.54, 1.807) is 24.3 Å². The number of sulfonamides is 1. The number of carbonyl (C=O) groups excluding carboxylic acids is 1. The number of aryl methyl sites for hydroxylation is 1. The van der Waals surface area contributed by atoms with E-state index >= 15 is 0 Å². The van der Waals surface area contributed by atoms with E-state index in [2.05, 4.69) is 10.3 Å². The molecule has 0 aliphatic carbocycles. The van der Waals surface area contributed by atoms with Gasteiger partial charge in [-0.05, 0) is 56.2 Å². The summed E-state index contributed by atoms with van der Waals surface area (Å²) in [6.07, 6.45) is 3.31. The van der Waals surface area contributed by atoms with E-state index in [4.69, 9.17) is 9.15 Å². The number of hydrogen-bond acceptors (Lipinski definition) is 6. The van der Waals surface area contributed by atoms with Gasteiger partial charge in [-0.15, -0.1) is 0 Å². The van der Waals surface area contributed by atoms with E-state index in [0.717, 1.165) is 19.3 Å². The molecule has 1 fully saturated rings. The summed E-state index contributed by atoms with van der Waals surface area (Å²) in [6.45, 7) is 4.32. The summed E-state index contributed by atoms with van der Waals surface area (Å²) in [5.41, 5.74) is 2.07. The van der Waals surface area contributed by atoms with Gasteiger partial charge in [0.15, 0.2) is 11.5 Å². The number of hydrogen-bond donors (Lipinski definition) is 1. The second kappa shape index (κ2) is 8.91. The number of amides is 1. The molecule has 1 unspecified atom stereocenters. The van der Waals surface area contributed by atoms with Crippen molar-refractivity contribution >= 4 is 32.7 Å². The number of carbonyl (C=O) groups is 1. The lowest BCUT2D eigenvalue weighted by Gasteiger charge is -2.32. The van der Waals surface area contributed by atoms with Gasteiger partial charge in [-0.1, -0.05) is 13.3 Å². The van der Waals surface area contributed by atoms with Crippen molar-refractivity contribution in [2.45, 2.75) is 50.5 Å². The van der Waals surface area contributed by atoms with Crippen LogP contribution in [0.3, 0.4) is 0 Å². The number of rotatable bonds is 6. The molecule has 9 heteroatoms. The molecule has 3 aromatic rings. The van der Waals surface area contributed by atoms with Gasteiger partial charge in [0, 0.05) is 30.3 Å².